The lowest BCUT2D eigenvalue weighted by molar-refractivity contribution is -0.135. The molecule has 8 rings (SSSR count). The fourth-order valence-corrected chi connectivity index (χ4v) is 8.31. The average Bonchev–Trinajstić information content (AvgIpc) is 4.11. The van der Waals surface area contributed by atoms with E-state index in [1.807, 2.05) is 89.8 Å². The Morgan fingerprint density at radius 1 is 0.690 bits per heavy atom. The summed E-state index contributed by atoms with van der Waals surface area (Å²) in [4.78, 5) is 69.7. The number of methoxy groups -OCH3 is 2. The van der Waals surface area contributed by atoms with Crippen molar-refractivity contribution in [2.75, 3.05) is 27.3 Å². The van der Waals surface area contributed by atoms with Crippen molar-refractivity contribution in [2.24, 2.45) is 4.99 Å². The van der Waals surface area contributed by atoms with E-state index < -0.39 is 24.3 Å². The van der Waals surface area contributed by atoms with Crippen molar-refractivity contribution in [2.45, 2.75) is 56.3 Å². The first-order valence-corrected chi connectivity index (χ1v) is 19.6. The number of benzene rings is 4. The van der Waals surface area contributed by atoms with E-state index in [9.17, 15) is 19.2 Å². The third-order valence-corrected chi connectivity index (χ3v) is 11.2. The van der Waals surface area contributed by atoms with Crippen LogP contribution in [0.1, 0.15) is 72.7 Å². The average molecular weight is 780 g/mol. The van der Waals surface area contributed by atoms with E-state index >= 15 is 0 Å². The molecule has 1 aromatic heterocycles. The van der Waals surface area contributed by atoms with Gasteiger partial charge in [-0.15, -0.1) is 0 Å². The number of hydrogen-bond donors (Lipinski definition) is 3. The molecular formula is C45H45N7O6. The maximum absolute atomic E-state index is 14.0. The summed E-state index contributed by atoms with van der Waals surface area (Å²) in [5, 5.41) is 5.45. The predicted molar refractivity (Wildman–Crippen MR) is 219 cm³/mol. The molecule has 5 aromatic rings. The lowest BCUT2D eigenvalue weighted by atomic mass is 10.0. The van der Waals surface area contributed by atoms with Gasteiger partial charge in [0.25, 0.3) is 5.91 Å². The second kappa shape index (κ2) is 16.8. The monoisotopic (exact) mass is 779 g/mol. The van der Waals surface area contributed by atoms with Gasteiger partial charge in [-0.1, -0.05) is 91.0 Å². The highest BCUT2D eigenvalue weighted by atomic mass is 16.5. The summed E-state index contributed by atoms with van der Waals surface area (Å²) < 4.78 is 9.69. The van der Waals surface area contributed by atoms with Crippen LogP contribution in [0.5, 0.6) is 0 Å². The molecule has 4 atom stereocenters. The molecule has 3 aliphatic heterocycles. The molecule has 0 spiro atoms. The van der Waals surface area contributed by atoms with Gasteiger partial charge in [0.05, 0.1) is 43.0 Å². The van der Waals surface area contributed by atoms with E-state index in [1.54, 1.807) is 4.90 Å². The Hall–Kier alpha value is -6.76. The highest BCUT2D eigenvalue weighted by Gasteiger charge is 2.39. The third kappa shape index (κ3) is 7.80. The SMILES string of the molecule is COC(=O)N[C@@H](C(=O)N1CCC[C@H]1C1=NC(c2cccc(-c3ccc4nc([C@@H]5CCCN5C(=O)[C@H](NC(=O)OC)c5ccccc5)[nH]c4c3)c2)=CC1)c1ccccc1. The smallest absolute Gasteiger partial charge is 0.407 e. The summed E-state index contributed by atoms with van der Waals surface area (Å²) in [6.45, 7) is 1.12. The number of aromatic nitrogens is 2. The van der Waals surface area contributed by atoms with Crippen molar-refractivity contribution >= 4 is 46.4 Å². The van der Waals surface area contributed by atoms with Gasteiger partial charge in [0.2, 0.25) is 5.91 Å². The summed E-state index contributed by atoms with van der Waals surface area (Å²) in [5.74, 6) is 0.294. The highest BCUT2D eigenvalue weighted by Crippen LogP contribution is 2.36. The molecule has 4 aromatic carbocycles. The number of allylic oxidation sites excluding steroid dienone is 1. The molecule has 13 heteroatoms. The van der Waals surface area contributed by atoms with Crippen LogP contribution < -0.4 is 10.6 Å². The van der Waals surface area contributed by atoms with Crippen LogP contribution in [0.4, 0.5) is 9.59 Å². The van der Waals surface area contributed by atoms with Crippen molar-refractivity contribution in [3.05, 3.63) is 132 Å². The molecule has 2 saturated heterocycles. The van der Waals surface area contributed by atoms with E-state index in [0.717, 1.165) is 64.8 Å². The first kappa shape index (κ1) is 38.1. The number of alkyl carbamates (subject to hydrolysis) is 2. The van der Waals surface area contributed by atoms with E-state index in [4.69, 9.17) is 19.5 Å². The van der Waals surface area contributed by atoms with Crippen LogP contribution in [0.25, 0.3) is 27.9 Å². The minimum absolute atomic E-state index is 0.175. The molecule has 3 aliphatic rings. The van der Waals surface area contributed by atoms with Gasteiger partial charge in [-0.2, -0.15) is 0 Å². The van der Waals surface area contributed by atoms with Gasteiger partial charge in [0.15, 0.2) is 0 Å². The van der Waals surface area contributed by atoms with Crippen LogP contribution >= 0.6 is 0 Å². The Morgan fingerprint density at radius 2 is 1.26 bits per heavy atom. The van der Waals surface area contributed by atoms with Crippen LogP contribution in [0.2, 0.25) is 0 Å². The van der Waals surface area contributed by atoms with E-state index in [1.165, 1.54) is 14.2 Å². The molecule has 13 nitrogen and oxygen atoms in total. The van der Waals surface area contributed by atoms with Crippen LogP contribution in [0.15, 0.2) is 114 Å². The molecule has 4 amide bonds. The number of fused-ring (bicyclic) bond motifs is 1. The number of amides is 4. The standard InChI is InChI=1S/C45H45N7O6/c1-57-44(55)49-39(28-12-5-3-6-13-28)42(53)51-24-10-18-37(51)35-23-22-33(46-35)32-17-9-16-30(26-32)31-20-21-34-36(27-31)48-41(47-34)38-19-11-25-52(38)43(54)40(50-45(56)58-2)29-14-7-4-8-15-29/h3-9,12-17,20-22,26-27,37-40H,10-11,18-19,23-25H2,1-2H3,(H,47,48)(H,49,55)(H,50,56)/t37-,38-,39+,40+/m0/s1. The molecule has 0 saturated carbocycles. The topological polar surface area (TPSA) is 158 Å². The van der Waals surface area contributed by atoms with Gasteiger partial charge in [0.1, 0.15) is 17.9 Å². The number of carbonyl (C=O) groups is 4. The second-order valence-corrected chi connectivity index (χ2v) is 14.7. The molecule has 0 unspecified atom stereocenters. The second-order valence-electron chi connectivity index (χ2n) is 14.7. The Morgan fingerprint density at radius 3 is 1.88 bits per heavy atom. The Balaban J connectivity index is 0.994. The van der Waals surface area contributed by atoms with Crippen molar-refractivity contribution in [3.8, 4) is 11.1 Å². The third-order valence-electron chi connectivity index (χ3n) is 11.2. The zero-order valence-corrected chi connectivity index (χ0v) is 32.4. The summed E-state index contributed by atoms with van der Waals surface area (Å²) in [7, 11) is 2.57. The minimum atomic E-state index is -0.894. The van der Waals surface area contributed by atoms with Crippen molar-refractivity contribution in [1.29, 1.82) is 0 Å². The van der Waals surface area contributed by atoms with Crippen molar-refractivity contribution < 1.29 is 28.7 Å². The lowest BCUT2D eigenvalue weighted by Gasteiger charge is -2.29. The first-order valence-electron chi connectivity index (χ1n) is 19.6. The molecule has 2 fully saturated rings. The summed E-state index contributed by atoms with van der Waals surface area (Å²) in [6, 6.07) is 30.5. The van der Waals surface area contributed by atoms with Gasteiger partial charge >= 0.3 is 12.2 Å². The minimum Gasteiger partial charge on any atom is -0.453 e. The fourth-order valence-electron chi connectivity index (χ4n) is 8.31. The lowest BCUT2D eigenvalue weighted by Crippen LogP contribution is -2.47. The number of ether oxygens (including phenoxy) is 2. The van der Waals surface area contributed by atoms with E-state index in [0.29, 0.717) is 36.5 Å². The quantitative estimate of drug-likeness (QED) is 0.135. The maximum Gasteiger partial charge on any atom is 0.407 e. The number of aromatic amines is 1. The molecule has 296 valence electrons. The zero-order valence-electron chi connectivity index (χ0n) is 32.4. The van der Waals surface area contributed by atoms with Gasteiger partial charge in [-0.25, -0.2) is 14.6 Å². The number of nitrogens with zero attached hydrogens (tertiary/aromatic N) is 4. The Bertz CT molecular complexity index is 2390. The van der Waals surface area contributed by atoms with Crippen molar-refractivity contribution in [1.82, 2.24) is 30.4 Å². The highest BCUT2D eigenvalue weighted by molar-refractivity contribution is 6.02. The normalized spacial score (nSPS) is 18.7. The van der Waals surface area contributed by atoms with Gasteiger partial charge in [-0.3, -0.25) is 14.6 Å². The summed E-state index contributed by atoms with van der Waals surface area (Å²) in [6.07, 6.45) is 4.58. The first-order chi connectivity index (χ1) is 28.3. The molecule has 3 N–H and O–H groups in total. The number of likely N-dealkylation sites (tertiary alicyclic amines) is 2. The summed E-state index contributed by atoms with van der Waals surface area (Å²) >= 11 is 0. The van der Waals surface area contributed by atoms with Crippen LogP contribution in [-0.4, -0.2) is 82.8 Å². The number of nitrogens with one attached hydrogen (secondary N) is 3. The van der Waals surface area contributed by atoms with Crippen molar-refractivity contribution in [3.63, 3.8) is 0 Å². The van der Waals surface area contributed by atoms with E-state index in [-0.39, 0.29) is 23.9 Å². The van der Waals surface area contributed by atoms with E-state index in [2.05, 4.69) is 39.9 Å². The summed E-state index contributed by atoms with van der Waals surface area (Å²) in [5.41, 5.74) is 7.77. The number of carbonyl (C=O) groups excluding carboxylic acids is 4. The van der Waals surface area contributed by atoms with Crippen LogP contribution in [0, 0.1) is 0 Å². The largest absolute Gasteiger partial charge is 0.453 e. The number of H-pyrrole nitrogens is 1. The number of imidazole rings is 1. The zero-order chi connectivity index (χ0) is 40.2. The maximum atomic E-state index is 14.0. The number of aliphatic imine (C=N–C) groups is 1. The fraction of sp³-hybridized carbons (Fsp3) is 0.289. The molecule has 58 heavy (non-hydrogen) atoms. The van der Waals surface area contributed by atoms with Gasteiger partial charge in [-0.05, 0) is 66.1 Å². The van der Waals surface area contributed by atoms with Crippen LogP contribution in [-0.2, 0) is 19.1 Å². The molecule has 0 bridgehead atoms. The number of rotatable bonds is 10. The molecule has 4 heterocycles. The number of hydrogen-bond acceptors (Lipinski definition) is 8. The van der Waals surface area contributed by atoms with Gasteiger partial charge in [0, 0.05) is 30.8 Å². The molecular weight excluding hydrogens is 735 g/mol. The van der Waals surface area contributed by atoms with Gasteiger partial charge < -0.3 is 34.9 Å². The van der Waals surface area contributed by atoms with Crippen LogP contribution in [0.3, 0.4) is 0 Å². The Labute approximate surface area is 336 Å². The molecule has 0 aliphatic carbocycles. The molecule has 0 radical (unpaired) electrons. The Kier molecular flexibility index (Phi) is 11.0. The predicted octanol–water partition coefficient (Wildman–Crippen LogP) is 7.26.